The standard InChI is InChI=1S/C21H25BO4/c1-20(2)21(3,4)26-22(25-20)18-12-10-16(11-13-18)14-19(23)24-15-17-8-6-5-7-9-17/h5-13H,14-15H2,1-4H3. The number of carbonyl (C=O) groups excluding carboxylic acids is 1. The first-order chi connectivity index (χ1) is 12.3. The zero-order chi connectivity index (χ0) is 18.8. The maximum atomic E-state index is 12.0. The Labute approximate surface area is 155 Å². The minimum atomic E-state index is -0.390. The van der Waals surface area contributed by atoms with Gasteiger partial charge in [-0.1, -0.05) is 54.6 Å². The Morgan fingerprint density at radius 2 is 1.46 bits per heavy atom. The molecule has 5 heteroatoms. The van der Waals surface area contributed by atoms with Gasteiger partial charge in [0.05, 0.1) is 17.6 Å². The first-order valence-corrected chi connectivity index (χ1v) is 8.91. The maximum Gasteiger partial charge on any atom is 0.494 e. The molecule has 136 valence electrons. The van der Waals surface area contributed by atoms with Gasteiger partial charge < -0.3 is 14.0 Å². The molecule has 0 unspecified atom stereocenters. The molecule has 0 spiro atoms. The lowest BCUT2D eigenvalue weighted by Crippen LogP contribution is -2.41. The summed E-state index contributed by atoms with van der Waals surface area (Å²) in [6.45, 7) is 8.42. The third-order valence-corrected chi connectivity index (χ3v) is 5.10. The van der Waals surface area contributed by atoms with E-state index < -0.39 is 0 Å². The molecule has 1 fully saturated rings. The van der Waals surface area contributed by atoms with Crippen LogP contribution < -0.4 is 5.46 Å². The van der Waals surface area contributed by atoms with Crippen molar-refractivity contribution in [2.75, 3.05) is 0 Å². The van der Waals surface area contributed by atoms with Gasteiger partial charge in [0.1, 0.15) is 6.61 Å². The highest BCUT2D eigenvalue weighted by Crippen LogP contribution is 2.36. The predicted molar refractivity (Wildman–Crippen MR) is 102 cm³/mol. The van der Waals surface area contributed by atoms with E-state index in [2.05, 4.69) is 0 Å². The molecule has 4 nitrogen and oxygen atoms in total. The Balaban J connectivity index is 1.56. The van der Waals surface area contributed by atoms with Crippen LogP contribution in [0.1, 0.15) is 38.8 Å². The van der Waals surface area contributed by atoms with Gasteiger partial charge in [-0.05, 0) is 44.3 Å². The smallest absolute Gasteiger partial charge is 0.461 e. The summed E-state index contributed by atoms with van der Waals surface area (Å²) in [5.41, 5.74) is 2.11. The van der Waals surface area contributed by atoms with Crippen molar-refractivity contribution in [2.24, 2.45) is 0 Å². The number of ether oxygens (including phenoxy) is 1. The SMILES string of the molecule is CC1(C)OB(c2ccc(CC(=O)OCc3ccccc3)cc2)OC1(C)C. The fraction of sp³-hybridized carbons (Fsp3) is 0.381. The van der Waals surface area contributed by atoms with Crippen molar-refractivity contribution in [3.8, 4) is 0 Å². The quantitative estimate of drug-likeness (QED) is 0.612. The number of benzene rings is 2. The minimum Gasteiger partial charge on any atom is -0.461 e. The maximum absolute atomic E-state index is 12.0. The molecule has 0 amide bonds. The van der Waals surface area contributed by atoms with Crippen molar-refractivity contribution in [3.63, 3.8) is 0 Å². The molecular weight excluding hydrogens is 327 g/mol. The molecule has 0 radical (unpaired) electrons. The monoisotopic (exact) mass is 352 g/mol. The molecule has 0 bridgehead atoms. The van der Waals surface area contributed by atoms with E-state index >= 15 is 0 Å². The average Bonchev–Trinajstić information content (AvgIpc) is 2.82. The van der Waals surface area contributed by atoms with Crippen LogP contribution in [-0.2, 0) is 31.9 Å². The summed E-state index contributed by atoms with van der Waals surface area (Å²) >= 11 is 0. The Morgan fingerprint density at radius 1 is 0.885 bits per heavy atom. The van der Waals surface area contributed by atoms with E-state index in [-0.39, 0.29) is 30.7 Å². The molecule has 0 atom stereocenters. The second-order valence-electron chi connectivity index (χ2n) is 7.65. The molecule has 0 N–H and O–H groups in total. The van der Waals surface area contributed by atoms with E-state index in [0.717, 1.165) is 16.6 Å². The van der Waals surface area contributed by atoms with Crippen LogP contribution in [0, 0.1) is 0 Å². The van der Waals surface area contributed by atoms with Gasteiger partial charge >= 0.3 is 13.1 Å². The zero-order valence-corrected chi connectivity index (χ0v) is 15.8. The van der Waals surface area contributed by atoms with Gasteiger partial charge in [-0.15, -0.1) is 0 Å². The fourth-order valence-corrected chi connectivity index (χ4v) is 2.73. The molecule has 2 aromatic carbocycles. The van der Waals surface area contributed by atoms with Crippen LogP contribution in [0.3, 0.4) is 0 Å². The molecule has 1 aliphatic rings. The van der Waals surface area contributed by atoms with Gasteiger partial charge in [-0.25, -0.2) is 0 Å². The second kappa shape index (κ2) is 7.26. The summed E-state index contributed by atoms with van der Waals surface area (Å²) in [7, 11) is -0.390. The zero-order valence-electron chi connectivity index (χ0n) is 15.8. The summed E-state index contributed by atoms with van der Waals surface area (Å²) < 4.78 is 17.4. The van der Waals surface area contributed by atoms with Crippen LogP contribution in [0.4, 0.5) is 0 Å². The molecule has 3 rings (SSSR count). The van der Waals surface area contributed by atoms with E-state index in [1.807, 2.05) is 82.3 Å². The molecule has 0 aliphatic carbocycles. The predicted octanol–water partition coefficient (Wildman–Crippen LogP) is 3.27. The van der Waals surface area contributed by atoms with E-state index in [0.29, 0.717) is 6.61 Å². The third kappa shape index (κ3) is 4.17. The summed E-state index contributed by atoms with van der Waals surface area (Å²) in [4.78, 5) is 12.0. The molecule has 1 heterocycles. The van der Waals surface area contributed by atoms with Crippen LogP contribution in [0.15, 0.2) is 54.6 Å². The summed E-state index contributed by atoms with van der Waals surface area (Å²) in [6.07, 6.45) is 0.247. The first kappa shape index (κ1) is 18.7. The van der Waals surface area contributed by atoms with Crippen LogP contribution in [-0.4, -0.2) is 24.3 Å². The highest BCUT2D eigenvalue weighted by molar-refractivity contribution is 6.62. The lowest BCUT2D eigenvalue weighted by Gasteiger charge is -2.32. The Morgan fingerprint density at radius 3 is 2.04 bits per heavy atom. The number of hydrogen-bond donors (Lipinski definition) is 0. The van der Waals surface area contributed by atoms with Crippen molar-refractivity contribution in [1.29, 1.82) is 0 Å². The van der Waals surface area contributed by atoms with Gasteiger partial charge in [-0.2, -0.15) is 0 Å². The molecule has 26 heavy (non-hydrogen) atoms. The number of esters is 1. The summed E-state index contributed by atoms with van der Waals surface area (Å²) in [5.74, 6) is -0.239. The van der Waals surface area contributed by atoms with Crippen molar-refractivity contribution in [3.05, 3.63) is 65.7 Å². The fourth-order valence-electron chi connectivity index (χ4n) is 2.73. The molecule has 0 saturated carbocycles. The van der Waals surface area contributed by atoms with E-state index in [1.165, 1.54) is 0 Å². The topological polar surface area (TPSA) is 44.8 Å². The highest BCUT2D eigenvalue weighted by Gasteiger charge is 2.51. The average molecular weight is 352 g/mol. The van der Waals surface area contributed by atoms with Crippen molar-refractivity contribution in [2.45, 2.75) is 51.9 Å². The van der Waals surface area contributed by atoms with Crippen LogP contribution in [0.2, 0.25) is 0 Å². The van der Waals surface area contributed by atoms with Gasteiger partial charge in [0.15, 0.2) is 0 Å². The number of hydrogen-bond acceptors (Lipinski definition) is 4. The Bertz CT molecular complexity index is 737. The van der Waals surface area contributed by atoms with Crippen LogP contribution >= 0.6 is 0 Å². The molecule has 0 aromatic heterocycles. The first-order valence-electron chi connectivity index (χ1n) is 8.91. The van der Waals surface area contributed by atoms with E-state index in [9.17, 15) is 4.79 Å². The molecular formula is C21H25BO4. The Hall–Kier alpha value is -2.11. The third-order valence-electron chi connectivity index (χ3n) is 5.10. The van der Waals surface area contributed by atoms with Crippen molar-refractivity contribution >= 4 is 18.6 Å². The lowest BCUT2D eigenvalue weighted by molar-refractivity contribution is -0.144. The normalized spacial score (nSPS) is 17.9. The van der Waals surface area contributed by atoms with Crippen molar-refractivity contribution < 1.29 is 18.8 Å². The van der Waals surface area contributed by atoms with E-state index in [4.69, 9.17) is 14.0 Å². The van der Waals surface area contributed by atoms with Gasteiger partial charge in [-0.3, -0.25) is 4.79 Å². The van der Waals surface area contributed by atoms with Crippen LogP contribution in [0.25, 0.3) is 0 Å². The largest absolute Gasteiger partial charge is 0.494 e. The van der Waals surface area contributed by atoms with Crippen molar-refractivity contribution in [1.82, 2.24) is 0 Å². The Kier molecular flexibility index (Phi) is 5.21. The molecule has 2 aromatic rings. The molecule has 1 aliphatic heterocycles. The van der Waals surface area contributed by atoms with E-state index in [1.54, 1.807) is 0 Å². The van der Waals surface area contributed by atoms with Gasteiger partial charge in [0.25, 0.3) is 0 Å². The van der Waals surface area contributed by atoms with Gasteiger partial charge in [0.2, 0.25) is 0 Å². The summed E-state index contributed by atoms with van der Waals surface area (Å²) in [5, 5.41) is 0. The summed E-state index contributed by atoms with van der Waals surface area (Å²) in [6, 6.07) is 17.4. The minimum absolute atomic E-state index is 0.239. The highest BCUT2D eigenvalue weighted by atomic mass is 16.7. The van der Waals surface area contributed by atoms with Crippen LogP contribution in [0.5, 0.6) is 0 Å². The second-order valence-corrected chi connectivity index (χ2v) is 7.65. The number of carbonyl (C=O) groups is 1. The van der Waals surface area contributed by atoms with Gasteiger partial charge in [0, 0.05) is 0 Å². The number of rotatable bonds is 5. The molecule has 1 saturated heterocycles. The lowest BCUT2D eigenvalue weighted by atomic mass is 9.79.